The van der Waals surface area contributed by atoms with E-state index >= 15 is 0 Å². The number of rotatable bonds is 7. The van der Waals surface area contributed by atoms with Crippen LogP contribution in [-0.2, 0) is 5.60 Å². The highest BCUT2D eigenvalue weighted by Crippen LogP contribution is 2.47. The topological polar surface area (TPSA) is 20.2 Å². The largest absolute Gasteiger partial charge is 0.385 e. The summed E-state index contributed by atoms with van der Waals surface area (Å²) in [6, 6.07) is 9.94. The SMILES string of the molecule is C=C[C@](CC)(CCCC)[C@@](C)(O)c1ccccc1. The van der Waals surface area contributed by atoms with Gasteiger partial charge in [-0.3, -0.25) is 0 Å². The molecule has 0 saturated heterocycles. The Bertz CT molecular complexity index is 366. The van der Waals surface area contributed by atoms with Crippen LogP contribution in [0.25, 0.3) is 0 Å². The second kappa shape index (κ2) is 6.19. The van der Waals surface area contributed by atoms with Crippen molar-refractivity contribution in [3.05, 3.63) is 48.6 Å². The lowest BCUT2D eigenvalue weighted by atomic mass is 9.65. The fourth-order valence-corrected chi connectivity index (χ4v) is 2.75. The van der Waals surface area contributed by atoms with Crippen molar-refractivity contribution in [2.75, 3.05) is 0 Å². The van der Waals surface area contributed by atoms with E-state index in [0.29, 0.717) is 0 Å². The molecule has 0 aliphatic heterocycles. The third-order valence-electron chi connectivity index (χ3n) is 4.30. The van der Waals surface area contributed by atoms with Gasteiger partial charge in [0, 0.05) is 5.41 Å². The molecule has 0 amide bonds. The van der Waals surface area contributed by atoms with Crippen LogP contribution in [0.15, 0.2) is 43.0 Å². The van der Waals surface area contributed by atoms with Crippen LogP contribution in [0.1, 0.15) is 52.0 Å². The highest BCUT2D eigenvalue weighted by atomic mass is 16.3. The van der Waals surface area contributed by atoms with E-state index in [0.717, 1.165) is 31.2 Å². The summed E-state index contributed by atoms with van der Waals surface area (Å²) in [5.74, 6) is 0. The molecule has 0 spiro atoms. The molecular formula is C17H26O. The maximum Gasteiger partial charge on any atom is 0.0958 e. The van der Waals surface area contributed by atoms with Gasteiger partial charge in [-0.05, 0) is 25.3 Å². The van der Waals surface area contributed by atoms with Gasteiger partial charge >= 0.3 is 0 Å². The molecule has 1 heteroatoms. The molecular weight excluding hydrogens is 220 g/mol. The van der Waals surface area contributed by atoms with Crippen LogP contribution in [-0.4, -0.2) is 5.11 Å². The number of benzene rings is 1. The van der Waals surface area contributed by atoms with Crippen molar-refractivity contribution in [2.45, 2.75) is 52.1 Å². The molecule has 0 heterocycles. The molecule has 1 rings (SSSR count). The van der Waals surface area contributed by atoms with E-state index in [1.54, 1.807) is 0 Å². The Balaban J connectivity index is 3.14. The molecule has 1 N–H and O–H groups in total. The zero-order valence-corrected chi connectivity index (χ0v) is 11.9. The molecule has 0 bridgehead atoms. The number of hydrogen-bond acceptors (Lipinski definition) is 1. The summed E-state index contributed by atoms with van der Waals surface area (Å²) < 4.78 is 0. The van der Waals surface area contributed by atoms with Crippen LogP contribution in [0.4, 0.5) is 0 Å². The average Bonchev–Trinajstić information content (AvgIpc) is 2.41. The van der Waals surface area contributed by atoms with Crippen LogP contribution in [0.2, 0.25) is 0 Å². The summed E-state index contributed by atoms with van der Waals surface area (Å²) in [4.78, 5) is 0. The van der Waals surface area contributed by atoms with Gasteiger partial charge in [-0.2, -0.15) is 0 Å². The quantitative estimate of drug-likeness (QED) is 0.693. The van der Waals surface area contributed by atoms with E-state index in [1.165, 1.54) is 0 Å². The van der Waals surface area contributed by atoms with Gasteiger partial charge in [-0.15, -0.1) is 6.58 Å². The second-order valence-electron chi connectivity index (χ2n) is 5.26. The molecule has 1 aromatic rings. The Morgan fingerprint density at radius 2 is 1.83 bits per heavy atom. The smallest absolute Gasteiger partial charge is 0.0958 e. The summed E-state index contributed by atoms with van der Waals surface area (Å²) in [7, 11) is 0. The van der Waals surface area contributed by atoms with Gasteiger partial charge in [-0.25, -0.2) is 0 Å². The Hall–Kier alpha value is -1.08. The third kappa shape index (κ3) is 2.67. The maximum atomic E-state index is 11.1. The summed E-state index contributed by atoms with van der Waals surface area (Å²) in [6.07, 6.45) is 6.09. The average molecular weight is 246 g/mol. The molecule has 0 unspecified atom stereocenters. The molecule has 1 aromatic carbocycles. The predicted molar refractivity (Wildman–Crippen MR) is 78.5 cm³/mol. The minimum atomic E-state index is -0.861. The van der Waals surface area contributed by atoms with Crippen molar-refractivity contribution < 1.29 is 5.11 Å². The Morgan fingerprint density at radius 1 is 1.22 bits per heavy atom. The van der Waals surface area contributed by atoms with Crippen LogP contribution in [0, 0.1) is 5.41 Å². The molecule has 2 atom stereocenters. The minimum absolute atomic E-state index is 0.246. The van der Waals surface area contributed by atoms with Gasteiger partial charge in [0.25, 0.3) is 0 Å². The van der Waals surface area contributed by atoms with Gasteiger partial charge in [0.2, 0.25) is 0 Å². The van der Waals surface area contributed by atoms with E-state index in [4.69, 9.17) is 0 Å². The normalized spacial score (nSPS) is 17.8. The van der Waals surface area contributed by atoms with Crippen molar-refractivity contribution in [1.82, 2.24) is 0 Å². The van der Waals surface area contributed by atoms with Crippen LogP contribution >= 0.6 is 0 Å². The van der Waals surface area contributed by atoms with Crippen molar-refractivity contribution >= 4 is 0 Å². The molecule has 0 aliphatic rings. The van der Waals surface area contributed by atoms with Crippen LogP contribution in [0.3, 0.4) is 0 Å². The van der Waals surface area contributed by atoms with E-state index in [2.05, 4.69) is 20.4 Å². The lowest BCUT2D eigenvalue weighted by molar-refractivity contribution is -0.0574. The second-order valence-corrected chi connectivity index (χ2v) is 5.26. The molecule has 1 nitrogen and oxygen atoms in total. The van der Waals surface area contributed by atoms with Crippen LogP contribution < -0.4 is 0 Å². The van der Waals surface area contributed by atoms with Gasteiger partial charge in [0.15, 0.2) is 0 Å². The molecule has 0 fully saturated rings. The first kappa shape index (κ1) is 15.0. The zero-order valence-electron chi connectivity index (χ0n) is 11.9. The van der Waals surface area contributed by atoms with Gasteiger partial charge in [0.05, 0.1) is 5.60 Å². The summed E-state index contributed by atoms with van der Waals surface area (Å²) >= 11 is 0. The lowest BCUT2D eigenvalue weighted by Crippen LogP contribution is -2.41. The zero-order chi connectivity index (χ0) is 13.6. The summed E-state index contributed by atoms with van der Waals surface area (Å²) in [5, 5.41) is 11.1. The first-order valence-corrected chi connectivity index (χ1v) is 6.95. The molecule has 0 aliphatic carbocycles. The first-order chi connectivity index (χ1) is 8.54. The van der Waals surface area contributed by atoms with Crippen molar-refractivity contribution in [3.8, 4) is 0 Å². The fraction of sp³-hybridized carbons (Fsp3) is 0.529. The monoisotopic (exact) mass is 246 g/mol. The highest BCUT2D eigenvalue weighted by molar-refractivity contribution is 5.26. The van der Waals surface area contributed by atoms with Gasteiger partial charge < -0.3 is 5.11 Å². The van der Waals surface area contributed by atoms with E-state index in [-0.39, 0.29) is 5.41 Å². The Morgan fingerprint density at radius 3 is 2.28 bits per heavy atom. The molecule has 0 saturated carbocycles. The van der Waals surface area contributed by atoms with Crippen molar-refractivity contribution in [2.24, 2.45) is 5.41 Å². The predicted octanol–water partition coefficient (Wildman–Crippen LogP) is 4.67. The Kier molecular flexibility index (Phi) is 5.15. The molecule has 100 valence electrons. The molecule has 18 heavy (non-hydrogen) atoms. The fourth-order valence-electron chi connectivity index (χ4n) is 2.75. The standard InChI is InChI=1S/C17H26O/c1-5-8-14-17(6-2,7-3)16(4,18)15-12-10-9-11-13-15/h6,9-13,18H,2,5,7-8,14H2,1,3-4H3/t16-,17-/m0/s1. The van der Waals surface area contributed by atoms with Gasteiger partial charge in [0.1, 0.15) is 0 Å². The van der Waals surface area contributed by atoms with E-state index < -0.39 is 5.60 Å². The number of hydrogen-bond donors (Lipinski definition) is 1. The van der Waals surface area contributed by atoms with E-state index in [9.17, 15) is 5.11 Å². The van der Waals surface area contributed by atoms with Crippen molar-refractivity contribution in [1.29, 1.82) is 0 Å². The minimum Gasteiger partial charge on any atom is -0.385 e. The van der Waals surface area contributed by atoms with Gasteiger partial charge in [-0.1, -0.05) is 63.1 Å². The number of aliphatic hydroxyl groups is 1. The molecule has 0 aromatic heterocycles. The van der Waals surface area contributed by atoms with Crippen molar-refractivity contribution in [3.63, 3.8) is 0 Å². The van der Waals surface area contributed by atoms with E-state index in [1.807, 2.05) is 43.3 Å². The number of unbranched alkanes of at least 4 members (excludes halogenated alkanes) is 1. The molecule has 0 radical (unpaired) electrons. The first-order valence-electron chi connectivity index (χ1n) is 6.95. The maximum absolute atomic E-state index is 11.1. The lowest BCUT2D eigenvalue weighted by Gasteiger charge is -2.43. The summed E-state index contributed by atoms with van der Waals surface area (Å²) in [5.41, 5.74) is -0.132. The van der Waals surface area contributed by atoms with Crippen LogP contribution in [0.5, 0.6) is 0 Å². The summed E-state index contributed by atoms with van der Waals surface area (Å²) in [6.45, 7) is 10.2. The highest BCUT2D eigenvalue weighted by Gasteiger charge is 2.43. The third-order valence-corrected chi connectivity index (χ3v) is 4.30. The Labute approximate surface area is 112 Å².